The second-order valence-corrected chi connectivity index (χ2v) is 9.75. The molecule has 1 aliphatic heterocycles. The molecule has 33 heavy (non-hydrogen) atoms. The first kappa shape index (κ1) is 23.4. The van der Waals surface area contributed by atoms with Gasteiger partial charge in [0, 0.05) is 37.1 Å². The maximum atomic E-state index is 14.1. The van der Waals surface area contributed by atoms with Crippen LogP contribution >= 0.6 is 11.3 Å². The van der Waals surface area contributed by atoms with E-state index >= 15 is 0 Å². The summed E-state index contributed by atoms with van der Waals surface area (Å²) in [5.41, 5.74) is 1.51. The quantitative estimate of drug-likeness (QED) is 0.298. The molecule has 2 aromatic carbocycles. The molecule has 13 heteroatoms. The van der Waals surface area contributed by atoms with Crippen LogP contribution in [0.3, 0.4) is 0 Å². The molecule has 0 amide bonds. The van der Waals surface area contributed by atoms with Crippen LogP contribution in [-0.2, 0) is 10.0 Å². The molecule has 0 N–H and O–H groups in total. The number of thiazole rings is 1. The Balaban J connectivity index is 1.53. The van der Waals surface area contributed by atoms with Gasteiger partial charge in [0.2, 0.25) is 15.8 Å². The molecule has 176 valence electrons. The largest absolute Gasteiger partial charge is 0.497 e. The van der Waals surface area contributed by atoms with Crippen LogP contribution in [0.15, 0.2) is 34.5 Å². The summed E-state index contributed by atoms with van der Waals surface area (Å²) in [6.45, 7) is -0.231. The van der Waals surface area contributed by atoms with E-state index in [2.05, 4.69) is 4.98 Å². The number of benzene rings is 2. The van der Waals surface area contributed by atoms with Crippen LogP contribution in [0, 0.1) is 29.1 Å². The molecule has 1 aromatic heterocycles. The highest BCUT2D eigenvalue weighted by molar-refractivity contribution is 7.89. The summed E-state index contributed by atoms with van der Waals surface area (Å²) in [6.07, 6.45) is 0. The molecule has 6 nitrogen and oxygen atoms in total. The van der Waals surface area contributed by atoms with E-state index in [1.165, 1.54) is 11.3 Å². The van der Waals surface area contributed by atoms with Gasteiger partial charge in [0.15, 0.2) is 33.3 Å². The number of nitrogens with zero attached hydrogens (tertiary/aromatic N) is 3. The lowest BCUT2D eigenvalue weighted by Crippen LogP contribution is -2.49. The van der Waals surface area contributed by atoms with E-state index in [0.717, 1.165) is 5.56 Å². The number of hydrogen-bond donors (Lipinski definition) is 0. The van der Waals surface area contributed by atoms with E-state index in [0.29, 0.717) is 20.9 Å². The van der Waals surface area contributed by atoms with E-state index < -0.39 is 44.0 Å². The summed E-state index contributed by atoms with van der Waals surface area (Å²) in [6, 6.07) is 7.28. The number of ether oxygens (including phenoxy) is 1. The molecule has 0 atom stereocenters. The van der Waals surface area contributed by atoms with Gasteiger partial charge in [-0.15, -0.1) is 11.3 Å². The summed E-state index contributed by atoms with van der Waals surface area (Å²) in [7, 11) is -3.41. The number of rotatable bonds is 5. The summed E-state index contributed by atoms with van der Waals surface area (Å²) in [4.78, 5) is 4.48. The number of aromatic nitrogens is 1. The van der Waals surface area contributed by atoms with Crippen molar-refractivity contribution in [1.82, 2.24) is 9.29 Å². The first-order valence-electron chi connectivity index (χ1n) is 9.51. The van der Waals surface area contributed by atoms with Crippen LogP contribution in [0.1, 0.15) is 0 Å². The zero-order chi connectivity index (χ0) is 23.9. The second-order valence-electron chi connectivity index (χ2n) is 7.04. The molecule has 1 aliphatic rings. The molecule has 0 saturated carbocycles. The van der Waals surface area contributed by atoms with Gasteiger partial charge in [-0.3, -0.25) is 0 Å². The van der Waals surface area contributed by atoms with Crippen molar-refractivity contribution in [3.05, 3.63) is 58.7 Å². The van der Waals surface area contributed by atoms with Gasteiger partial charge in [0.25, 0.3) is 0 Å². The lowest BCUT2D eigenvalue weighted by molar-refractivity contribution is 0.344. The van der Waals surface area contributed by atoms with Crippen molar-refractivity contribution in [3.63, 3.8) is 0 Å². The van der Waals surface area contributed by atoms with Crippen LogP contribution in [-0.4, -0.2) is 51.0 Å². The Morgan fingerprint density at radius 1 is 0.939 bits per heavy atom. The topological polar surface area (TPSA) is 62.7 Å². The van der Waals surface area contributed by atoms with Crippen molar-refractivity contribution in [2.24, 2.45) is 0 Å². The molecule has 0 unspecified atom stereocenters. The Bertz CT molecular complexity index is 1280. The number of sulfonamides is 1. The average molecular weight is 505 g/mol. The predicted molar refractivity (Wildman–Crippen MR) is 111 cm³/mol. The summed E-state index contributed by atoms with van der Waals surface area (Å²) >= 11 is 1.33. The number of halogens is 5. The number of anilines is 1. The van der Waals surface area contributed by atoms with E-state index in [9.17, 15) is 30.4 Å². The van der Waals surface area contributed by atoms with Gasteiger partial charge < -0.3 is 9.64 Å². The maximum Gasteiger partial charge on any atom is 0.249 e. The molecule has 1 fully saturated rings. The summed E-state index contributed by atoms with van der Waals surface area (Å²) < 4.78 is 99.7. The molecule has 0 aliphatic carbocycles. The molecule has 0 bridgehead atoms. The molecule has 3 aromatic rings. The minimum absolute atomic E-state index is 0.111. The van der Waals surface area contributed by atoms with Gasteiger partial charge >= 0.3 is 0 Å². The van der Waals surface area contributed by atoms with Crippen molar-refractivity contribution in [2.75, 3.05) is 38.2 Å². The molecule has 0 spiro atoms. The highest BCUT2D eigenvalue weighted by Crippen LogP contribution is 2.32. The van der Waals surface area contributed by atoms with Crippen LogP contribution < -0.4 is 9.64 Å². The summed E-state index contributed by atoms with van der Waals surface area (Å²) in [5.74, 6) is -11.1. The fourth-order valence-corrected chi connectivity index (χ4v) is 5.81. The van der Waals surface area contributed by atoms with Gasteiger partial charge in [-0.1, -0.05) is 12.1 Å². The van der Waals surface area contributed by atoms with Crippen LogP contribution in [0.4, 0.5) is 27.1 Å². The van der Waals surface area contributed by atoms with Crippen molar-refractivity contribution in [1.29, 1.82) is 0 Å². The fourth-order valence-electron chi connectivity index (χ4n) is 3.38. The Morgan fingerprint density at radius 2 is 1.55 bits per heavy atom. The monoisotopic (exact) mass is 505 g/mol. The Kier molecular flexibility index (Phi) is 6.29. The second kappa shape index (κ2) is 8.88. The lowest BCUT2D eigenvalue weighted by Gasteiger charge is -2.33. The van der Waals surface area contributed by atoms with E-state index in [4.69, 9.17) is 4.74 Å². The lowest BCUT2D eigenvalue weighted by atomic mass is 10.2. The fraction of sp³-hybridized carbons (Fsp3) is 0.250. The van der Waals surface area contributed by atoms with Crippen molar-refractivity contribution in [3.8, 4) is 17.0 Å². The normalized spacial score (nSPS) is 15.2. The molecule has 4 rings (SSSR count). The smallest absolute Gasteiger partial charge is 0.249 e. The third kappa shape index (κ3) is 4.15. The van der Waals surface area contributed by atoms with Crippen LogP contribution in [0.25, 0.3) is 11.3 Å². The first-order valence-corrected chi connectivity index (χ1v) is 11.8. The average Bonchev–Trinajstić information content (AvgIpc) is 3.32. The Labute approximate surface area is 189 Å². The van der Waals surface area contributed by atoms with Gasteiger partial charge in [-0.25, -0.2) is 35.4 Å². The minimum Gasteiger partial charge on any atom is -0.497 e. The Morgan fingerprint density at radius 3 is 2.15 bits per heavy atom. The predicted octanol–water partition coefficient (Wildman–Crippen LogP) is 4.03. The van der Waals surface area contributed by atoms with Gasteiger partial charge in [-0.05, 0) is 12.1 Å². The third-order valence-electron chi connectivity index (χ3n) is 5.13. The van der Waals surface area contributed by atoms with Gasteiger partial charge in [0.05, 0.1) is 12.8 Å². The minimum atomic E-state index is -4.96. The molecule has 2 heterocycles. The SMILES string of the molecule is COc1cccc(-c2csc(N3CCN(S(=O)(=O)c4c(F)c(F)c(F)c(F)c4F)CC3)n2)c1. The van der Waals surface area contributed by atoms with Crippen LogP contribution in [0.5, 0.6) is 5.75 Å². The molecule has 1 saturated heterocycles. The van der Waals surface area contributed by atoms with Gasteiger partial charge in [0.1, 0.15) is 5.75 Å². The third-order valence-corrected chi connectivity index (χ3v) is 7.95. The molecular weight excluding hydrogens is 489 g/mol. The highest BCUT2D eigenvalue weighted by Gasteiger charge is 2.38. The summed E-state index contributed by atoms with van der Waals surface area (Å²) in [5, 5.41) is 2.42. The Hall–Kier alpha value is -2.77. The number of methoxy groups -OCH3 is 1. The van der Waals surface area contributed by atoms with Crippen molar-refractivity contribution < 1.29 is 35.1 Å². The van der Waals surface area contributed by atoms with Crippen molar-refractivity contribution in [2.45, 2.75) is 4.90 Å². The molecule has 0 radical (unpaired) electrons. The van der Waals surface area contributed by atoms with E-state index in [1.807, 2.05) is 23.6 Å². The molecular formula is C20H16F5N3O3S2. The first-order chi connectivity index (χ1) is 15.6. The zero-order valence-electron chi connectivity index (χ0n) is 17.0. The standard InChI is InChI=1S/C20H16F5N3O3S2/c1-31-12-4-2-3-11(9-12)13-10-32-20(26-13)27-5-7-28(8-6-27)33(29,30)19-17(24)15(22)14(21)16(23)18(19)25/h2-4,9-10H,5-8H2,1H3. The van der Waals surface area contributed by atoms with E-state index in [1.54, 1.807) is 18.1 Å². The van der Waals surface area contributed by atoms with Crippen LogP contribution in [0.2, 0.25) is 0 Å². The maximum absolute atomic E-state index is 14.1. The highest BCUT2D eigenvalue weighted by atomic mass is 32.2. The van der Waals surface area contributed by atoms with E-state index in [-0.39, 0.29) is 26.2 Å². The zero-order valence-corrected chi connectivity index (χ0v) is 18.6. The van der Waals surface area contributed by atoms with Crippen molar-refractivity contribution >= 4 is 26.5 Å². The number of hydrogen-bond acceptors (Lipinski definition) is 6. The van der Waals surface area contributed by atoms with Gasteiger partial charge in [-0.2, -0.15) is 4.31 Å². The number of piperazine rings is 1.